The summed E-state index contributed by atoms with van der Waals surface area (Å²) in [4.78, 5) is 0. The highest BCUT2D eigenvalue weighted by atomic mass is 79.9. The number of nitrogens with one attached hydrogen (secondary N) is 1. The lowest BCUT2D eigenvalue weighted by atomic mass is 9.86. The molecule has 1 aliphatic heterocycles. The summed E-state index contributed by atoms with van der Waals surface area (Å²) in [6.07, 6.45) is 3.83. The summed E-state index contributed by atoms with van der Waals surface area (Å²) >= 11 is 3.51. The Morgan fingerprint density at radius 2 is 2.05 bits per heavy atom. The Morgan fingerprint density at radius 1 is 1.32 bits per heavy atom. The molecule has 2 nitrogen and oxygen atoms in total. The van der Waals surface area contributed by atoms with Crippen molar-refractivity contribution in [3.8, 4) is 0 Å². The Balaban J connectivity index is 2.17. The number of rotatable bonds is 6. The normalized spacial score (nSPS) is 24.6. The van der Waals surface area contributed by atoms with Crippen LogP contribution in [-0.4, -0.2) is 19.3 Å². The lowest BCUT2D eigenvalue weighted by Crippen LogP contribution is -2.33. The third-order valence-corrected chi connectivity index (χ3v) is 4.46. The van der Waals surface area contributed by atoms with E-state index < -0.39 is 0 Å². The Bertz CT molecular complexity index is 379. The predicted molar refractivity (Wildman–Crippen MR) is 83.3 cm³/mol. The van der Waals surface area contributed by atoms with E-state index in [0.717, 1.165) is 36.9 Å². The third kappa shape index (κ3) is 3.80. The van der Waals surface area contributed by atoms with Crippen LogP contribution in [0.3, 0.4) is 0 Å². The Kier molecular flexibility index (Phi) is 5.86. The molecule has 3 unspecified atom stereocenters. The summed E-state index contributed by atoms with van der Waals surface area (Å²) in [7, 11) is 0. The first kappa shape index (κ1) is 15.0. The quantitative estimate of drug-likeness (QED) is 0.841. The van der Waals surface area contributed by atoms with Crippen LogP contribution < -0.4 is 5.32 Å². The smallest absolute Gasteiger partial charge is 0.0619 e. The molecule has 0 radical (unpaired) electrons. The van der Waals surface area contributed by atoms with Gasteiger partial charge in [-0.1, -0.05) is 41.9 Å². The average molecular weight is 326 g/mol. The molecular weight excluding hydrogens is 302 g/mol. The number of benzene rings is 1. The highest BCUT2D eigenvalue weighted by molar-refractivity contribution is 9.10. The summed E-state index contributed by atoms with van der Waals surface area (Å²) in [5, 5.41) is 3.72. The van der Waals surface area contributed by atoms with Crippen molar-refractivity contribution in [3.63, 3.8) is 0 Å². The van der Waals surface area contributed by atoms with Crippen molar-refractivity contribution in [2.24, 2.45) is 5.92 Å². The molecule has 19 heavy (non-hydrogen) atoms. The molecule has 1 aromatic rings. The molecule has 3 heteroatoms. The van der Waals surface area contributed by atoms with E-state index in [1.54, 1.807) is 0 Å². The molecule has 1 fully saturated rings. The minimum atomic E-state index is 0.401. The second-order valence-corrected chi connectivity index (χ2v) is 6.17. The lowest BCUT2D eigenvalue weighted by molar-refractivity contribution is 0.0774. The van der Waals surface area contributed by atoms with Gasteiger partial charge in [-0.3, -0.25) is 0 Å². The van der Waals surface area contributed by atoms with Crippen LogP contribution in [0.25, 0.3) is 0 Å². The Hall–Kier alpha value is -0.380. The van der Waals surface area contributed by atoms with Crippen LogP contribution in [-0.2, 0) is 4.74 Å². The van der Waals surface area contributed by atoms with Crippen LogP contribution in [0, 0.1) is 5.92 Å². The van der Waals surface area contributed by atoms with E-state index in [4.69, 9.17) is 4.74 Å². The maximum atomic E-state index is 5.87. The van der Waals surface area contributed by atoms with E-state index in [0.29, 0.717) is 18.1 Å². The molecule has 0 spiro atoms. The average Bonchev–Trinajstić information content (AvgIpc) is 2.89. The van der Waals surface area contributed by atoms with Gasteiger partial charge in [-0.25, -0.2) is 0 Å². The molecule has 0 bridgehead atoms. The molecule has 3 atom stereocenters. The molecule has 0 aromatic heterocycles. The van der Waals surface area contributed by atoms with Gasteiger partial charge >= 0.3 is 0 Å². The van der Waals surface area contributed by atoms with Gasteiger partial charge in [0.05, 0.1) is 6.10 Å². The van der Waals surface area contributed by atoms with Crippen molar-refractivity contribution < 1.29 is 4.74 Å². The molecule has 0 aliphatic carbocycles. The van der Waals surface area contributed by atoms with Gasteiger partial charge in [0, 0.05) is 23.0 Å². The predicted octanol–water partition coefficient (Wildman–Crippen LogP) is 4.30. The molecule has 1 heterocycles. The van der Waals surface area contributed by atoms with Crippen LogP contribution in [0.4, 0.5) is 0 Å². The largest absolute Gasteiger partial charge is 0.378 e. The fraction of sp³-hybridized carbons (Fsp3) is 0.625. The number of hydrogen-bond donors (Lipinski definition) is 1. The summed E-state index contributed by atoms with van der Waals surface area (Å²) in [5.74, 6) is 0.595. The number of ether oxygens (including phenoxy) is 1. The van der Waals surface area contributed by atoms with Crippen LogP contribution >= 0.6 is 15.9 Å². The summed E-state index contributed by atoms with van der Waals surface area (Å²) in [6.45, 7) is 6.41. The van der Waals surface area contributed by atoms with Crippen molar-refractivity contribution in [1.29, 1.82) is 0 Å². The molecule has 106 valence electrons. The second kappa shape index (κ2) is 7.41. The zero-order valence-electron chi connectivity index (χ0n) is 11.9. The standard InChI is InChI=1S/C16H24BrNO/c1-3-10-18-16(12-5-7-13(17)8-6-12)14-9-11-19-15(14)4-2/h5-8,14-16,18H,3-4,9-11H2,1-2H3. The van der Waals surface area contributed by atoms with Gasteiger partial charge in [-0.05, 0) is 43.5 Å². The number of halogens is 1. The van der Waals surface area contributed by atoms with Gasteiger partial charge in [0.25, 0.3) is 0 Å². The molecular formula is C16H24BrNO. The molecule has 1 aromatic carbocycles. The first-order chi connectivity index (χ1) is 9.26. The summed E-state index contributed by atoms with van der Waals surface area (Å²) in [5.41, 5.74) is 1.38. The van der Waals surface area contributed by atoms with E-state index in [2.05, 4.69) is 59.4 Å². The first-order valence-electron chi connectivity index (χ1n) is 7.36. The van der Waals surface area contributed by atoms with Crippen LogP contribution in [0.15, 0.2) is 28.7 Å². The fourth-order valence-corrected chi connectivity index (χ4v) is 3.22. The van der Waals surface area contributed by atoms with Gasteiger partial charge in [0.1, 0.15) is 0 Å². The Morgan fingerprint density at radius 3 is 2.68 bits per heavy atom. The summed E-state index contributed by atoms with van der Waals surface area (Å²) in [6, 6.07) is 9.13. The van der Waals surface area contributed by atoms with Crippen molar-refractivity contribution in [3.05, 3.63) is 34.3 Å². The van der Waals surface area contributed by atoms with Crippen molar-refractivity contribution in [2.75, 3.05) is 13.2 Å². The van der Waals surface area contributed by atoms with Crippen molar-refractivity contribution in [1.82, 2.24) is 5.32 Å². The van der Waals surface area contributed by atoms with E-state index in [1.807, 2.05) is 0 Å². The van der Waals surface area contributed by atoms with Gasteiger partial charge < -0.3 is 10.1 Å². The zero-order valence-corrected chi connectivity index (χ0v) is 13.4. The maximum Gasteiger partial charge on any atom is 0.0619 e. The van der Waals surface area contributed by atoms with Gasteiger partial charge in [0.15, 0.2) is 0 Å². The zero-order chi connectivity index (χ0) is 13.7. The molecule has 1 saturated heterocycles. The highest BCUT2D eigenvalue weighted by Gasteiger charge is 2.34. The Labute approximate surface area is 125 Å². The van der Waals surface area contributed by atoms with Gasteiger partial charge in [-0.2, -0.15) is 0 Å². The highest BCUT2D eigenvalue weighted by Crippen LogP contribution is 2.35. The minimum absolute atomic E-state index is 0.401. The summed E-state index contributed by atoms with van der Waals surface area (Å²) < 4.78 is 7.01. The SMILES string of the molecule is CCCNC(c1ccc(Br)cc1)C1CCOC1CC. The topological polar surface area (TPSA) is 21.3 Å². The molecule has 1 N–H and O–H groups in total. The van der Waals surface area contributed by atoms with E-state index in [9.17, 15) is 0 Å². The first-order valence-corrected chi connectivity index (χ1v) is 8.16. The molecule has 0 saturated carbocycles. The molecule has 2 rings (SSSR count). The van der Waals surface area contributed by atoms with Crippen LogP contribution in [0.2, 0.25) is 0 Å². The van der Waals surface area contributed by atoms with Gasteiger partial charge in [0.2, 0.25) is 0 Å². The van der Waals surface area contributed by atoms with Crippen LogP contribution in [0.5, 0.6) is 0 Å². The molecule has 0 amide bonds. The van der Waals surface area contributed by atoms with Crippen molar-refractivity contribution >= 4 is 15.9 Å². The third-order valence-electron chi connectivity index (χ3n) is 3.93. The molecule has 1 aliphatic rings. The lowest BCUT2D eigenvalue weighted by Gasteiger charge is -2.28. The maximum absolute atomic E-state index is 5.87. The minimum Gasteiger partial charge on any atom is -0.378 e. The van der Waals surface area contributed by atoms with Crippen LogP contribution in [0.1, 0.15) is 44.7 Å². The van der Waals surface area contributed by atoms with Crippen molar-refractivity contribution in [2.45, 2.75) is 45.3 Å². The van der Waals surface area contributed by atoms with E-state index in [-0.39, 0.29) is 0 Å². The second-order valence-electron chi connectivity index (χ2n) is 5.25. The fourth-order valence-electron chi connectivity index (χ4n) is 2.95. The van der Waals surface area contributed by atoms with E-state index >= 15 is 0 Å². The van der Waals surface area contributed by atoms with E-state index in [1.165, 1.54) is 5.56 Å². The monoisotopic (exact) mass is 325 g/mol. The number of hydrogen-bond acceptors (Lipinski definition) is 2. The van der Waals surface area contributed by atoms with Gasteiger partial charge in [-0.15, -0.1) is 0 Å².